The molecule has 26 heavy (non-hydrogen) atoms. The van der Waals surface area contributed by atoms with Crippen LogP contribution in [0.3, 0.4) is 0 Å². The normalized spacial score (nSPS) is 18.5. The van der Waals surface area contributed by atoms with Crippen molar-refractivity contribution in [3.05, 3.63) is 28.8 Å². The number of piperidine rings is 1. The van der Waals surface area contributed by atoms with Crippen LogP contribution in [-0.4, -0.2) is 44.9 Å². The first-order valence-electron chi connectivity index (χ1n) is 8.92. The highest BCUT2D eigenvalue weighted by Crippen LogP contribution is 2.28. The summed E-state index contributed by atoms with van der Waals surface area (Å²) in [5.41, 5.74) is 1.76. The molecule has 2 aliphatic rings. The lowest BCUT2D eigenvalue weighted by molar-refractivity contribution is 0.0704. The molecule has 1 heterocycles. The number of hydrogen-bond donors (Lipinski definition) is 2. The Hall–Kier alpha value is -1.15. The molecule has 0 aromatic heterocycles. The summed E-state index contributed by atoms with van der Waals surface area (Å²) in [6, 6.07) is 3.64. The van der Waals surface area contributed by atoms with E-state index in [0.29, 0.717) is 30.3 Å². The number of likely N-dealkylation sites (tertiary alicyclic amines) is 1. The smallest absolute Gasteiger partial charge is 0.253 e. The van der Waals surface area contributed by atoms with Crippen molar-refractivity contribution >= 4 is 28.3 Å². The number of nitrogens with zero attached hydrogens (tertiary/aromatic N) is 1. The molecule has 1 aromatic rings. The molecule has 0 unspecified atom stereocenters. The van der Waals surface area contributed by atoms with E-state index < -0.39 is 10.0 Å². The zero-order chi connectivity index (χ0) is 18.2. The summed E-state index contributed by atoms with van der Waals surface area (Å²) < 4.78 is 23.6. The van der Waals surface area contributed by atoms with Crippen LogP contribution >= 0.6 is 12.4 Å². The number of nitrogens with one attached hydrogen (secondary N) is 1. The van der Waals surface area contributed by atoms with Gasteiger partial charge >= 0.3 is 0 Å². The van der Waals surface area contributed by atoms with Crippen LogP contribution in [0.4, 0.5) is 0 Å². The summed E-state index contributed by atoms with van der Waals surface area (Å²) in [4.78, 5) is 14.6. The average Bonchev–Trinajstić information content (AvgIpc) is 3.38. The molecule has 0 atom stereocenters. The van der Waals surface area contributed by atoms with Crippen LogP contribution in [0, 0.1) is 19.8 Å². The van der Waals surface area contributed by atoms with Crippen LogP contribution < -0.4 is 10.5 Å². The summed E-state index contributed by atoms with van der Waals surface area (Å²) in [7, 11) is -3.84. The molecular formula is C18H28ClN3O3S. The summed E-state index contributed by atoms with van der Waals surface area (Å²) in [5.74, 6) is 0.737. The lowest BCUT2D eigenvalue weighted by atomic mass is 10.0. The van der Waals surface area contributed by atoms with Crippen LogP contribution in [0.5, 0.6) is 0 Å². The highest BCUT2D eigenvalue weighted by Gasteiger charge is 2.27. The second-order valence-electron chi connectivity index (χ2n) is 7.38. The van der Waals surface area contributed by atoms with Crippen molar-refractivity contribution in [1.82, 2.24) is 10.2 Å². The van der Waals surface area contributed by atoms with Gasteiger partial charge in [-0.15, -0.1) is 12.4 Å². The van der Waals surface area contributed by atoms with Gasteiger partial charge in [0.2, 0.25) is 10.0 Å². The van der Waals surface area contributed by atoms with Gasteiger partial charge in [0.1, 0.15) is 0 Å². The lowest BCUT2D eigenvalue weighted by Crippen LogP contribution is -2.45. The van der Waals surface area contributed by atoms with Crippen molar-refractivity contribution < 1.29 is 13.2 Å². The van der Waals surface area contributed by atoms with Crippen LogP contribution in [0.15, 0.2) is 17.0 Å². The maximum Gasteiger partial charge on any atom is 0.253 e. The summed E-state index contributed by atoms with van der Waals surface area (Å²) >= 11 is 0. The fourth-order valence-corrected chi connectivity index (χ4v) is 4.25. The van der Waals surface area contributed by atoms with Gasteiger partial charge in [0.15, 0.2) is 0 Å². The van der Waals surface area contributed by atoms with E-state index in [2.05, 4.69) is 5.32 Å². The molecule has 6 nitrogen and oxygen atoms in total. The number of halogens is 1. The number of sulfonamides is 1. The molecule has 1 saturated heterocycles. The van der Waals surface area contributed by atoms with E-state index in [-0.39, 0.29) is 23.2 Å². The van der Waals surface area contributed by atoms with Crippen LogP contribution in [0.25, 0.3) is 0 Å². The van der Waals surface area contributed by atoms with Gasteiger partial charge in [-0.2, -0.15) is 0 Å². The van der Waals surface area contributed by atoms with Crippen LogP contribution in [0.1, 0.15) is 47.2 Å². The topological polar surface area (TPSA) is 92.5 Å². The Morgan fingerprint density at radius 3 is 2.35 bits per heavy atom. The van der Waals surface area contributed by atoms with Crippen molar-refractivity contribution in [3.8, 4) is 0 Å². The monoisotopic (exact) mass is 401 g/mol. The number of carbonyl (C=O) groups is 1. The highest BCUT2D eigenvalue weighted by atomic mass is 35.5. The number of aryl methyl sites for hydroxylation is 1. The largest absolute Gasteiger partial charge is 0.339 e. The predicted octanol–water partition coefficient (Wildman–Crippen LogP) is 1.98. The molecule has 1 aliphatic carbocycles. The zero-order valence-electron chi connectivity index (χ0n) is 15.3. The number of benzene rings is 1. The number of carbonyl (C=O) groups excluding carboxylic acids is 1. The second kappa shape index (κ2) is 8.25. The molecule has 3 rings (SSSR count). The fourth-order valence-electron chi connectivity index (χ4n) is 3.37. The van der Waals surface area contributed by atoms with Gasteiger partial charge in [0.25, 0.3) is 5.91 Å². The molecule has 0 spiro atoms. The van der Waals surface area contributed by atoms with Gasteiger partial charge in [-0.3, -0.25) is 4.79 Å². The Labute approximate surface area is 162 Å². The van der Waals surface area contributed by atoms with E-state index in [0.717, 1.165) is 30.9 Å². The Bertz CT molecular complexity index is 770. The highest BCUT2D eigenvalue weighted by molar-refractivity contribution is 7.89. The zero-order valence-corrected chi connectivity index (χ0v) is 17.0. The predicted molar refractivity (Wildman–Crippen MR) is 104 cm³/mol. The first-order valence-corrected chi connectivity index (χ1v) is 10.5. The van der Waals surface area contributed by atoms with Gasteiger partial charge in [-0.1, -0.05) is 0 Å². The summed E-state index contributed by atoms with van der Waals surface area (Å²) in [5, 5.41) is 8.89. The van der Waals surface area contributed by atoms with Gasteiger partial charge in [-0.25, -0.2) is 13.6 Å². The van der Waals surface area contributed by atoms with Gasteiger partial charge in [0.05, 0.1) is 4.90 Å². The number of hydrogen-bond acceptors (Lipinski definition) is 4. The minimum absolute atomic E-state index is 0. The number of rotatable bonds is 5. The van der Waals surface area contributed by atoms with E-state index in [4.69, 9.17) is 5.14 Å². The molecule has 1 amide bonds. The summed E-state index contributed by atoms with van der Waals surface area (Å²) in [6.45, 7) is 5.99. The molecule has 0 bridgehead atoms. The minimum atomic E-state index is -3.84. The van der Waals surface area contributed by atoms with Gasteiger partial charge in [-0.05, 0) is 75.3 Å². The van der Waals surface area contributed by atoms with E-state index in [1.165, 1.54) is 18.9 Å². The molecule has 1 aromatic carbocycles. The number of nitrogens with two attached hydrogens (primary N) is 1. The molecule has 2 fully saturated rings. The Balaban J connectivity index is 0.00000243. The van der Waals surface area contributed by atoms with Gasteiger partial charge < -0.3 is 10.2 Å². The fraction of sp³-hybridized carbons (Fsp3) is 0.611. The standard InChI is InChI=1S/C18H27N3O3S.ClH/c1-12-9-15(10-17(13(12)2)25(19,23)24)18(22)21-7-5-16(6-8-21)20-11-14-3-4-14;/h9-10,14,16,20H,3-8,11H2,1-2H3,(H2,19,23,24);1H. The maximum atomic E-state index is 12.8. The third kappa shape index (κ3) is 4.97. The van der Waals surface area contributed by atoms with E-state index in [9.17, 15) is 13.2 Å². The SMILES string of the molecule is Cc1cc(C(=O)N2CCC(NCC3CC3)CC2)cc(S(N)(=O)=O)c1C.Cl. The third-order valence-electron chi connectivity index (χ3n) is 5.35. The van der Waals surface area contributed by atoms with Crippen molar-refractivity contribution in [2.45, 2.75) is 50.5 Å². The van der Waals surface area contributed by atoms with Crippen molar-refractivity contribution in [2.75, 3.05) is 19.6 Å². The van der Waals surface area contributed by atoms with Crippen molar-refractivity contribution in [2.24, 2.45) is 11.1 Å². The van der Waals surface area contributed by atoms with E-state index in [1.807, 2.05) is 4.90 Å². The van der Waals surface area contributed by atoms with Crippen LogP contribution in [0.2, 0.25) is 0 Å². The first kappa shape index (κ1) is 21.2. The first-order chi connectivity index (χ1) is 11.8. The third-order valence-corrected chi connectivity index (χ3v) is 6.38. The molecule has 3 N–H and O–H groups in total. The Kier molecular flexibility index (Phi) is 6.71. The summed E-state index contributed by atoms with van der Waals surface area (Å²) in [6.07, 6.45) is 4.55. The molecular weight excluding hydrogens is 374 g/mol. The van der Waals surface area contributed by atoms with Gasteiger partial charge in [0, 0.05) is 24.7 Å². The molecule has 146 valence electrons. The average molecular weight is 402 g/mol. The number of amides is 1. The molecule has 1 aliphatic heterocycles. The van der Waals surface area contributed by atoms with Crippen molar-refractivity contribution in [1.29, 1.82) is 0 Å². The minimum Gasteiger partial charge on any atom is -0.339 e. The van der Waals surface area contributed by atoms with E-state index >= 15 is 0 Å². The molecule has 8 heteroatoms. The number of primary sulfonamides is 1. The quantitative estimate of drug-likeness (QED) is 0.788. The Morgan fingerprint density at radius 2 is 1.81 bits per heavy atom. The van der Waals surface area contributed by atoms with Crippen LogP contribution in [-0.2, 0) is 10.0 Å². The maximum absolute atomic E-state index is 12.8. The second-order valence-corrected chi connectivity index (χ2v) is 8.91. The lowest BCUT2D eigenvalue weighted by Gasteiger charge is -2.33. The van der Waals surface area contributed by atoms with E-state index in [1.54, 1.807) is 19.9 Å². The molecule has 0 radical (unpaired) electrons. The van der Waals surface area contributed by atoms with Crippen molar-refractivity contribution in [3.63, 3.8) is 0 Å². The Morgan fingerprint density at radius 1 is 1.19 bits per heavy atom. The molecule has 1 saturated carbocycles.